The van der Waals surface area contributed by atoms with Gasteiger partial charge in [0.1, 0.15) is 11.3 Å². The average molecular weight is 312 g/mol. The predicted octanol–water partition coefficient (Wildman–Crippen LogP) is 3.60. The Bertz CT molecular complexity index is 834. The zero-order valence-corrected chi connectivity index (χ0v) is 12.9. The quantitative estimate of drug-likeness (QED) is 0.532. The molecule has 3 rings (SSSR count). The summed E-state index contributed by atoms with van der Waals surface area (Å²) in [6.07, 6.45) is 1.67. The molecule has 0 aliphatic carbocycles. The summed E-state index contributed by atoms with van der Waals surface area (Å²) < 4.78 is 21.2. The van der Waals surface area contributed by atoms with E-state index in [4.69, 9.17) is 18.6 Å². The lowest BCUT2D eigenvalue weighted by molar-refractivity contribution is -0.133. The number of ether oxygens (including phenoxy) is 3. The van der Waals surface area contributed by atoms with Crippen LogP contribution in [0, 0.1) is 0 Å². The number of benzene rings is 2. The Labute approximate surface area is 133 Å². The predicted molar refractivity (Wildman–Crippen MR) is 85.1 cm³/mol. The molecular weight excluding hydrogens is 296 g/mol. The second-order valence-corrected chi connectivity index (χ2v) is 4.92. The van der Waals surface area contributed by atoms with Crippen molar-refractivity contribution >= 4 is 16.9 Å². The summed E-state index contributed by atoms with van der Waals surface area (Å²) in [6, 6.07) is 12.5. The summed E-state index contributed by atoms with van der Waals surface area (Å²) in [5.74, 6) is 1.24. The Morgan fingerprint density at radius 3 is 2.57 bits per heavy atom. The van der Waals surface area contributed by atoms with Crippen LogP contribution in [0.4, 0.5) is 0 Å². The van der Waals surface area contributed by atoms with Gasteiger partial charge in [0.2, 0.25) is 0 Å². The standard InChI is InChI=1S/C18H16O5/c1-20-13-7-8-14-12(11-22-17(14)10-13)9-18(19)23-16-6-4-3-5-15(16)21-2/h3-8,10-11H,9H2,1-2H3. The summed E-state index contributed by atoms with van der Waals surface area (Å²) in [7, 11) is 3.12. The number of methoxy groups -OCH3 is 2. The van der Waals surface area contributed by atoms with Gasteiger partial charge in [-0.05, 0) is 24.3 Å². The fourth-order valence-corrected chi connectivity index (χ4v) is 2.34. The molecule has 1 heterocycles. The second-order valence-electron chi connectivity index (χ2n) is 4.92. The van der Waals surface area contributed by atoms with Crippen molar-refractivity contribution < 1.29 is 23.4 Å². The largest absolute Gasteiger partial charge is 0.497 e. The van der Waals surface area contributed by atoms with Gasteiger partial charge < -0.3 is 18.6 Å². The van der Waals surface area contributed by atoms with E-state index in [1.807, 2.05) is 18.2 Å². The molecule has 5 nitrogen and oxygen atoms in total. The van der Waals surface area contributed by atoms with Crippen LogP contribution in [-0.2, 0) is 11.2 Å². The van der Waals surface area contributed by atoms with E-state index >= 15 is 0 Å². The molecule has 5 heteroatoms. The first-order valence-electron chi connectivity index (χ1n) is 7.09. The van der Waals surface area contributed by atoms with Crippen LogP contribution in [0.15, 0.2) is 53.1 Å². The lowest BCUT2D eigenvalue weighted by Crippen LogP contribution is -2.11. The molecule has 1 aromatic heterocycles. The zero-order valence-electron chi connectivity index (χ0n) is 12.9. The van der Waals surface area contributed by atoms with Crippen LogP contribution in [0.3, 0.4) is 0 Å². The third kappa shape index (κ3) is 3.13. The summed E-state index contributed by atoms with van der Waals surface area (Å²) in [4.78, 5) is 12.2. The highest BCUT2D eigenvalue weighted by Crippen LogP contribution is 2.28. The molecule has 23 heavy (non-hydrogen) atoms. The van der Waals surface area contributed by atoms with Gasteiger partial charge in [0.15, 0.2) is 11.5 Å². The molecule has 0 saturated carbocycles. The van der Waals surface area contributed by atoms with Crippen molar-refractivity contribution in [1.82, 2.24) is 0 Å². The zero-order chi connectivity index (χ0) is 16.2. The van der Waals surface area contributed by atoms with Crippen LogP contribution in [-0.4, -0.2) is 20.2 Å². The van der Waals surface area contributed by atoms with Crippen molar-refractivity contribution in [3.05, 3.63) is 54.3 Å². The number of hydrogen-bond acceptors (Lipinski definition) is 5. The van der Waals surface area contributed by atoms with Crippen LogP contribution in [0.2, 0.25) is 0 Å². The number of carbonyl (C=O) groups excluding carboxylic acids is 1. The molecule has 0 unspecified atom stereocenters. The Balaban J connectivity index is 1.78. The van der Waals surface area contributed by atoms with Crippen LogP contribution in [0.1, 0.15) is 5.56 Å². The number of rotatable bonds is 5. The molecule has 3 aromatic rings. The van der Waals surface area contributed by atoms with Crippen molar-refractivity contribution in [2.45, 2.75) is 6.42 Å². The molecule has 0 fully saturated rings. The number of esters is 1. The van der Waals surface area contributed by atoms with Gasteiger partial charge in [0, 0.05) is 17.0 Å². The van der Waals surface area contributed by atoms with Crippen LogP contribution >= 0.6 is 0 Å². The molecule has 0 spiro atoms. The van der Waals surface area contributed by atoms with Gasteiger partial charge in [-0.15, -0.1) is 0 Å². The maximum atomic E-state index is 12.2. The van der Waals surface area contributed by atoms with Gasteiger partial charge in [-0.3, -0.25) is 4.79 Å². The fourth-order valence-electron chi connectivity index (χ4n) is 2.34. The van der Waals surface area contributed by atoms with Gasteiger partial charge in [-0.25, -0.2) is 0 Å². The molecule has 118 valence electrons. The SMILES string of the molecule is COc1ccc2c(CC(=O)Oc3ccccc3OC)coc2c1. The van der Waals surface area contributed by atoms with Gasteiger partial charge in [-0.2, -0.15) is 0 Å². The number of hydrogen-bond donors (Lipinski definition) is 0. The summed E-state index contributed by atoms with van der Waals surface area (Å²) >= 11 is 0. The smallest absolute Gasteiger partial charge is 0.315 e. The lowest BCUT2D eigenvalue weighted by atomic mass is 10.1. The Hall–Kier alpha value is -2.95. The van der Waals surface area contributed by atoms with E-state index in [9.17, 15) is 4.79 Å². The summed E-state index contributed by atoms with van der Waals surface area (Å²) in [6.45, 7) is 0. The normalized spacial score (nSPS) is 10.5. The maximum Gasteiger partial charge on any atom is 0.315 e. The molecule has 0 radical (unpaired) electrons. The van der Waals surface area contributed by atoms with Crippen molar-refractivity contribution in [2.75, 3.05) is 14.2 Å². The number of para-hydroxylation sites is 2. The third-order valence-corrected chi connectivity index (χ3v) is 3.49. The molecule has 0 aliphatic rings. The van der Waals surface area contributed by atoms with Crippen molar-refractivity contribution in [1.29, 1.82) is 0 Å². The molecule has 2 aromatic carbocycles. The Morgan fingerprint density at radius 1 is 1.04 bits per heavy atom. The summed E-state index contributed by atoms with van der Waals surface area (Å²) in [5.41, 5.74) is 1.44. The minimum Gasteiger partial charge on any atom is -0.497 e. The highest BCUT2D eigenvalue weighted by Gasteiger charge is 2.14. The van der Waals surface area contributed by atoms with Gasteiger partial charge in [0.25, 0.3) is 0 Å². The van der Waals surface area contributed by atoms with E-state index in [0.717, 1.165) is 10.9 Å². The number of fused-ring (bicyclic) bond motifs is 1. The average Bonchev–Trinajstić information content (AvgIpc) is 2.97. The number of carbonyl (C=O) groups is 1. The highest BCUT2D eigenvalue weighted by molar-refractivity contribution is 5.87. The van der Waals surface area contributed by atoms with E-state index in [0.29, 0.717) is 22.8 Å². The molecule has 0 saturated heterocycles. The van der Waals surface area contributed by atoms with Gasteiger partial charge in [-0.1, -0.05) is 12.1 Å². The van der Waals surface area contributed by atoms with Crippen LogP contribution in [0.5, 0.6) is 17.2 Å². The molecule has 0 bridgehead atoms. The minimum atomic E-state index is -0.381. The van der Waals surface area contributed by atoms with E-state index < -0.39 is 0 Å². The second kappa shape index (κ2) is 6.44. The Kier molecular flexibility index (Phi) is 4.19. The molecule has 0 amide bonds. The monoisotopic (exact) mass is 312 g/mol. The minimum absolute atomic E-state index is 0.109. The van der Waals surface area contributed by atoms with E-state index in [-0.39, 0.29) is 12.4 Å². The van der Waals surface area contributed by atoms with E-state index in [1.165, 1.54) is 7.11 Å². The maximum absolute atomic E-state index is 12.2. The molecule has 0 aliphatic heterocycles. The fraction of sp³-hybridized carbons (Fsp3) is 0.167. The molecule has 0 N–H and O–H groups in total. The molecule has 0 atom stereocenters. The van der Waals surface area contributed by atoms with E-state index in [1.54, 1.807) is 37.6 Å². The van der Waals surface area contributed by atoms with Gasteiger partial charge in [0.05, 0.1) is 26.9 Å². The first-order chi connectivity index (χ1) is 11.2. The van der Waals surface area contributed by atoms with E-state index in [2.05, 4.69) is 0 Å². The first kappa shape index (κ1) is 15.0. The van der Waals surface area contributed by atoms with Crippen molar-refractivity contribution in [3.63, 3.8) is 0 Å². The summed E-state index contributed by atoms with van der Waals surface area (Å²) in [5, 5.41) is 0.864. The van der Waals surface area contributed by atoms with Crippen molar-refractivity contribution in [2.24, 2.45) is 0 Å². The third-order valence-electron chi connectivity index (χ3n) is 3.49. The highest BCUT2D eigenvalue weighted by atomic mass is 16.6. The van der Waals surface area contributed by atoms with Crippen LogP contribution < -0.4 is 14.2 Å². The first-order valence-corrected chi connectivity index (χ1v) is 7.09. The lowest BCUT2D eigenvalue weighted by Gasteiger charge is -2.08. The van der Waals surface area contributed by atoms with Crippen molar-refractivity contribution in [3.8, 4) is 17.2 Å². The van der Waals surface area contributed by atoms with Crippen LogP contribution in [0.25, 0.3) is 11.0 Å². The van der Waals surface area contributed by atoms with Gasteiger partial charge >= 0.3 is 5.97 Å². The topological polar surface area (TPSA) is 57.9 Å². The number of furan rings is 1. The Morgan fingerprint density at radius 2 is 1.83 bits per heavy atom. The molecular formula is C18H16O5.